The lowest BCUT2D eigenvalue weighted by Gasteiger charge is -2.34. The molecule has 1 aromatic carbocycles. The average molecular weight is 378 g/mol. The van der Waals surface area contributed by atoms with E-state index >= 15 is 0 Å². The number of nitrogens with one attached hydrogen (secondary N) is 1. The first-order valence-electron chi connectivity index (χ1n) is 10.2. The predicted octanol–water partition coefficient (Wildman–Crippen LogP) is 3.21. The minimum atomic E-state index is -3.28. The molecular weight excluding hydrogens is 346 g/mol. The van der Waals surface area contributed by atoms with Gasteiger partial charge in [-0.25, -0.2) is 8.42 Å². The summed E-state index contributed by atoms with van der Waals surface area (Å²) in [6.07, 6.45) is 8.92. The van der Waals surface area contributed by atoms with Gasteiger partial charge in [-0.3, -0.25) is 9.62 Å². The number of hydrogen-bond donors (Lipinski definition) is 1. The van der Waals surface area contributed by atoms with Crippen LogP contribution in [0.15, 0.2) is 24.3 Å². The third-order valence-corrected chi connectivity index (χ3v) is 7.56. The number of sulfonamides is 1. The molecule has 3 saturated heterocycles. The molecule has 6 heteroatoms. The number of nitrogens with zero attached hydrogens (tertiary/aromatic N) is 2. The van der Waals surface area contributed by atoms with Crippen LogP contribution in [0.5, 0.6) is 0 Å². The van der Waals surface area contributed by atoms with Crippen molar-refractivity contribution in [3.63, 3.8) is 0 Å². The summed E-state index contributed by atoms with van der Waals surface area (Å²) in [4.78, 5) is 4.90. The largest absolute Gasteiger partial charge is 0.302 e. The second-order valence-corrected chi connectivity index (χ2v) is 9.91. The Balaban J connectivity index is 1.35. The first kappa shape index (κ1) is 18.3. The smallest absolute Gasteiger partial charge is 0.233 e. The number of fused-ring (bicyclic) bond motifs is 1. The van der Waals surface area contributed by atoms with Gasteiger partial charge in [0, 0.05) is 24.3 Å². The van der Waals surface area contributed by atoms with Crippen molar-refractivity contribution in [3.05, 3.63) is 29.8 Å². The molecule has 3 heterocycles. The predicted molar refractivity (Wildman–Crippen MR) is 106 cm³/mol. The number of rotatable bonds is 6. The zero-order valence-electron chi connectivity index (χ0n) is 15.6. The summed E-state index contributed by atoms with van der Waals surface area (Å²) in [5.41, 5.74) is 2.01. The van der Waals surface area contributed by atoms with Gasteiger partial charge in [0.25, 0.3) is 0 Å². The summed E-state index contributed by atoms with van der Waals surface area (Å²) >= 11 is 0. The van der Waals surface area contributed by atoms with Gasteiger partial charge < -0.3 is 4.90 Å². The molecule has 3 aliphatic heterocycles. The maximum Gasteiger partial charge on any atom is 0.233 e. The highest BCUT2D eigenvalue weighted by molar-refractivity contribution is 7.92. The van der Waals surface area contributed by atoms with Gasteiger partial charge in [0.15, 0.2) is 0 Å². The van der Waals surface area contributed by atoms with Crippen LogP contribution in [-0.4, -0.2) is 56.2 Å². The van der Waals surface area contributed by atoms with Gasteiger partial charge in [-0.1, -0.05) is 18.6 Å². The van der Waals surface area contributed by atoms with Crippen LogP contribution in [0, 0.1) is 0 Å². The van der Waals surface area contributed by atoms with Crippen LogP contribution in [0.3, 0.4) is 0 Å². The van der Waals surface area contributed by atoms with Gasteiger partial charge in [-0.2, -0.15) is 0 Å². The fourth-order valence-corrected chi connectivity index (χ4v) is 5.97. The second kappa shape index (κ2) is 7.87. The van der Waals surface area contributed by atoms with Crippen molar-refractivity contribution >= 4 is 15.7 Å². The van der Waals surface area contributed by atoms with Gasteiger partial charge in [-0.15, -0.1) is 0 Å². The van der Waals surface area contributed by atoms with Crippen molar-refractivity contribution in [2.75, 3.05) is 36.7 Å². The lowest BCUT2D eigenvalue weighted by Crippen LogP contribution is -2.35. The van der Waals surface area contributed by atoms with Crippen LogP contribution in [0.25, 0.3) is 0 Å². The highest BCUT2D eigenvalue weighted by Gasteiger charge is 2.35. The first-order valence-corrected chi connectivity index (χ1v) is 11.8. The Bertz CT molecular complexity index is 698. The number of anilines is 1. The molecule has 0 aromatic heterocycles. The Morgan fingerprint density at radius 2 is 1.65 bits per heavy atom. The van der Waals surface area contributed by atoms with E-state index in [-0.39, 0.29) is 5.75 Å². The maximum atomic E-state index is 12.3. The molecule has 0 unspecified atom stereocenters. The molecule has 2 atom stereocenters. The van der Waals surface area contributed by atoms with Gasteiger partial charge in [0.2, 0.25) is 10.0 Å². The van der Waals surface area contributed by atoms with E-state index in [1.54, 1.807) is 0 Å². The molecule has 1 aromatic rings. The van der Waals surface area contributed by atoms with Crippen molar-refractivity contribution in [1.29, 1.82) is 0 Å². The van der Waals surface area contributed by atoms with Crippen LogP contribution in [-0.2, 0) is 10.0 Å². The molecule has 3 aliphatic rings. The summed E-state index contributed by atoms with van der Waals surface area (Å²) in [5, 5.41) is 0. The Kier molecular flexibility index (Phi) is 5.53. The van der Waals surface area contributed by atoms with Crippen molar-refractivity contribution < 1.29 is 8.42 Å². The zero-order chi connectivity index (χ0) is 18.0. The van der Waals surface area contributed by atoms with E-state index < -0.39 is 10.0 Å². The number of benzene rings is 1. The van der Waals surface area contributed by atoms with E-state index in [1.165, 1.54) is 57.1 Å². The Morgan fingerprint density at radius 3 is 2.42 bits per heavy atom. The molecule has 0 saturated carbocycles. The van der Waals surface area contributed by atoms with Crippen molar-refractivity contribution in [1.82, 2.24) is 9.80 Å². The quantitative estimate of drug-likeness (QED) is 0.827. The van der Waals surface area contributed by atoms with Crippen LogP contribution in [0.2, 0.25) is 0 Å². The van der Waals surface area contributed by atoms with E-state index in [2.05, 4.69) is 26.7 Å². The third kappa shape index (κ3) is 4.24. The van der Waals surface area contributed by atoms with E-state index in [4.69, 9.17) is 0 Å². The van der Waals surface area contributed by atoms with E-state index in [1.807, 2.05) is 12.1 Å². The molecule has 144 valence electrons. The summed E-state index contributed by atoms with van der Waals surface area (Å²) in [6.45, 7) is 3.90. The van der Waals surface area contributed by atoms with Gasteiger partial charge in [-0.05, 0) is 75.9 Å². The Hall–Kier alpha value is -1.11. The van der Waals surface area contributed by atoms with Crippen LogP contribution >= 0.6 is 0 Å². The monoisotopic (exact) mass is 377 g/mol. The molecule has 0 bridgehead atoms. The highest BCUT2D eigenvalue weighted by atomic mass is 32.2. The van der Waals surface area contributed by atoms with Crippen LogP contribution in [0.1, 0.15) is 56.6 Å². The lowest BCUT2D eigenvalue weighted by atomic mass is 10.0. The second-order valence-electron chi connectivity index (χ2n) is 8.07. The third-order valence-electron chi connectivity index (χ3n) is 6.29. The Morgan fingerprint density at radius 1 is 0.923 bits per heavy atom. The lowest BCUT2D eigenvalue weighted by molar-refractivity contribution is 0.150. The maximum absolute atomic E-state index is 12.3. The molecular formula is C20H31N3O2S. The van der Waals surface area contributed by atoms with Crippen molar-refractivity contribution in [2.24, 2.45) is 0 Å². The summed E-state index contributed by atoms with van der Waals surface area (Å²) in [5.74, 6) is 0.173. The van der Waals surface area contributed by atoms with Crippen LogP contribution in [0.4, 0.5) is 5.69 Å². The molecule has 3 fully saturated rings. The average Bonchev–Trinajstić information content (AvgIpc) is 3.30. The van der Waals surface area contributed by atoms with E-state index in [9.17, 15) is 8.42 Å². The molecule has 0 radical (unpaired) electrons. The minimum absolute atomic E-state index is 0.173. The highest BCUT2D eigenvalue weighted by Crippen LogP contribution is 2.40. The number of piperidine rings is 1. The zero-order valence-corrected chi connectivity index (χ0v) is 16.4. The number of likely N-dealkylation sites (tertiary alicyclic amines) is 1. The summed E-state index contributed by atoms with van der Waals surface area (Å²) in [6, 6.07) is 9.36. The standard InChI is InChI=1S/C20H31N3O2S/c24-26(25,16-15-22-12-3-4-13-22)21-18-8-6-17(7-9-18)20-11-10-19-5-1-2-14-23(19)20/h6-9,19-21H,1-5,10-16H2/t19-,20-/m0/s1. The fraction of sp³-hybridized carbons (Fsp3) is 0.700. The van der Waals surface area contributed by atoms with Gasteiger partial charge >= 0.3 is 0 Å². The van der Waals surface area contributed by atoms with E-state index in [0.29, 0.717) is 18.3 Å². The van der Waals surface area contributed by atoms with Gasteiger partial charge in [0.05, 0.1) is 5.75 Å². The van der Waals surface area contributed by atoms with E-state index in [0.717, 1.165) is 19.1 Å². The topological polar surface area (TPSA) is 52.7 Å². The molecule has 0 spiro atoms. The first-order chi connectivity index (χ1) is 12.6. The van der Waals surface area contributed by atoms with Crippen molar-refractivity contribution in [3.8, 4) is 0 Å². The molecule has 0 amide bonds. The molecule has 5 nitrogen and oxygen atoms in total. The summed E-state index contributed by atoms with van der Waals surface area (Å²) in [7, 11) is -3.28. The van der Waals surface area contributed by atoms with Crippen molar-refractivity contribution in [2.45, 2.75) is 57.0 Å². The molecule has 0 aliphatic carbocycles. The van der Waals surface area contributed by atoms with Gasteiger partial charge in [0.1, 0.15) is 0 Å². The number of hydrogen-bond acceptors (Lipinski definition) is 4. The normalized spacial score (nSPS) is 27.5. The molecule has 1 N–H and O–H groups in total. The molecule has 4 rings (SSSR count). The summed E-state index contributed by atoms with van der Waals surface area (Å²) < 4.78 is 27.4. The SMILES string of the molecule is O=S(=O)(CCN1CCCC1)Nc1ccc([C@@H]2CC[C@@H]3CCCCN32)cc1. The fourth-order valence-electron chi connectivity index (χ4n) is 4.88. The van der Waals surface area contributed by atoms with Crippen LogP contribution < -0.4 is 4.72 Å². The molecule has 26 heavy (non-hydrogen) atoms. The Labute approximate surface area is 157 Å². The minimum Gasteiger partial charge on any atom is -0.302 e.